The Balaban J connectivity index is 2.43. The van der Waals surface area contributed by atoms with E-state index in [4.69, 9.17) is 18.9 Å². The molecule has 88 valence electrons. The number of benzene rings is 1. The molecule has 5 heteroatoms. The van der Waals surface area contributed by atoms with E-state index in [1.54, 1.807) is 19.2 Å². The lowest BCUT2D eigenvalue weighted by atomic mass is 10.1. The van der Waals surface area contributed by atoms with Gasteiger partial charge in [0.1, 0.15) is 11.5 Å². The summed E-state index contributed by atoms with van der Waals surface area (Å²) >= 11 is 0. The summed E-state index contributed by atoms with van der Waals surface area (Å²) in [5.41, 5.74) is 1.45. The van der Waals surface area contributed by atoms with Gasteiger partial charge in [-0.1, -0.05) is 0 Å². The van der Waals surface area contributed by atoms with Crippen molar-refractivity contribution in [1.29, 1.82) is 0 Å². The molecule has 1 aromatic carbocycles. The Morgan fingerprint density at radius 3 is 2.88 bits per heavy atom. The van der Waals surface area contributed by atoms with Crippen molar-refractivity contribution < 1.29 is 24.1 Å². The molecule has 16 heavy (non-hydrogen) atoms. The van der Waals surface area contributed by atoms with Crippen LogP contribution in [0, 0.1) is 0 Å². The first-order valence-corrected chi connectivity index (χ1v) is 4.88. The molecule has 0 fully saturated rings. The van der Waals surface area contributed by atoms with Crippen LogP contribution in [-0.2, 0) is 16.1 Å². The average molecular weight is 226 g/mol. The normalized spacial score (nSPS) is 16.2. The van der Waals surface area contributed by atoms with E-state index in [0.29, 0.717) is 23.7 Å². The molecule has 1 unspecified atom stereocenters. The molecule has 1 atom stereocenters. The van der Waals surface area contributed by atoms with Crippen LogP contribution in [0.5, 0.6) is 11.5 Å². The minimum Gasteiger partial charge on any atom is -0.496 e. The van der Waals surface area contributed by atoms with Crippen LogP contribution in [0.3, 0.4) is 0 Å². The van der Waals surface area contributed by atoms with Crippen molar-refractivity contribution in [2.24, 2.45) is 0 Å². The Morgan fingerprint density at radius 2 is 2.19 bits per heavy atom. The maximum absolute atomic E-state index is 9.59. The van der Waals surface area contributed by atoms with Crippen molar-refractivity contribution in [3.63, 3.8) is 0 Å². The van der Waals surface area contributed by atoms with Gasteiger partial charge in [0, 0.05) is 12.7 Å². The monoisotopic (exact) mass is 226 g/mol. The minimum atomic E-state index is -0.981. The Morgan fingerprint density at radius 1 is 1.38 bits per heavy atom. The third-order valence-corrected chi connectivity index (χ3v) is 2.46. The van der Waals surface area contributed by atoms with E-state index in [0.717, 1.165) is 5.56 Å². The Hall–Kier alpha value is -1.30. The largest absolute Gasteiger partial charge is 0.496 e. The molecule has 0 aliphatic carbocycles. The van der Waals surface area contributed by atoms with Gasteiger partial charge in [-0.05, 0) is 12.1 Å². The molecule has 0 saturated heterocycles. The summed E-state index contributed by atoms with van der Waals surface area (Å²) in [5, 5.41) is 9.59. The van der Waals surface area contributed by atoms with Crippen LogP contribution in [0.4, 0.5) is 0 Å². The highest BCUT2D eigenvalue weighted by atomic mass is 16.7. The molecular formula is C11H14O5. The molecule has 1 aliphatic heterocycles. The van der Waals surface area contributed by atoms with Gasteiger partial charge in [0.25, 0.3) is 0 Å². The van der Waals surface area contributed by atoms with Crippen molar-refractivity contribution >= 4 is 0 Å². The van der Waals surface area contributed by atoms with E-state index < -0.39 is 6.29 Å². The first-order valence-electron chi connectivity index (χ1n) is 4.88. The van der Waals surface area contributed by atoms with Gasteiger partial charge in [-0.3, -0.25) is 0 Å². The summed E-state index contributed by atoms with van der Waals surface area (Å²) in [6.45, 7) is 0.657. The molecule has 0 saturated carbocycles. The molecule has 2 rings (SSSR count). The van der Waals surface area contributed by atoms with Gasteiger partial charge >= 0.3 is 0 Å². The molecule has 1 aliphatic rings. The fourth-order valence-electron chi connectivity index (χ4n) is 1.62. The summed E-state index contributed by atoms with van der Waals surface area (Å²) < 4.78 is 20.6. The van der Waals surface area contributed by atoms with Crippen molar-refractivity contribution in [1.82, 2.24) is 0 Å². The molecular weight excluding hydrogens is 212 g/mol. The lowest BCUT2D eigenvalue weighted by Gasteiger charge is -2.22. The Kier molecular flexibility index (Phi) is 3.28. The van der Waals surface area contributed by atoms with Gasteiger partial charge in [-0.2, -0.15) is 0 Å². The van der Waals surface area contributed by atoms with Crippen LogP contribution < -0.4 is 9.47 Å². The summed E-state index contributed by atoms with van der Waals surface area (Å²) in [6.07, 6.45) is -0.981. The van der Waals surface area contributed by atoms with Crippen LogP contribution in [-0.4, -0.2) is 26.1 Å². The second kappa shape index (κ2) is 4.69. The molecule has 0 bridgehead atoms. The first-order chi connectivity index (χ1) is 7.76. The third-order valence-electron chi connectivity index (χ3n) is 2.46. The van der Waals surface area contributed by atoms with Gasteiger partial charge in [0.2, 0.25) is 0 Å². The fourth-order valence-corrected chi connectivity index (χ4v) is 1.62. The molecule has 0 spiro atoms. The number of ether oxygens (including phenoxy) is 4. The first kappa shape index (κ1) is 11.2. The number of hydrogen-bond donors (Lipinski definition) is 1. The second-order valence-electron chi connectivity index (χ2n) is 3.40. The summed E-state index contributed by atoms with van der Waals surface area (Å²) in [6, 6.07) is 3.44. The average Bonchev–Trinajstić information content (AvgIpc) is 2.36. The summed E-state index contributed by atoms with van der Waals surface area (Å²) in [5.74, 6) is 1.29. The molecule has 0 amide bonds. The minimum absolute atomic E-state index is 0.211. The summed E-state index contributed by atoms with van der Waals surface area (Å²) in [7, 11) is 2.99. The number of aliphatic hydroxyl groups excluding tert-OH is 1. The molecule has 5 nitrogen and oxygen atoms in total. The van der Waals surface area contributed by atoms with Crippen molar-refractivity contribution in [2.75, 3.05) is 21.0 Å². The zero-order valence-corrected chi connectivity index (χ0v) is 9.23. The van der Waals surface area contributed by atoms with Crippen LogP contribution in [0.25, 0.3) is 0 Å². The van der Waals surface area contributed by atoms with Crippen LogP contribution >= 0.6 is 0 Å². The lowest BCUT2D eigenvalue weighted by Crippen LogP contribution is -2.13. The molecule has 1 aromatic rings. The molecule has 0 radical (unpaired) electrons. The van der Waals surface area contributed by atoms with Crippen molar-refractivity contribution in [3.05, 3.63) is 23.3 Å². The van der Waals surface area contributed by atoms with E-state index in [1.165, 1.54) is 7.11 Å². The van der Waals surface area contributed by atoms with Crippen molar-refractivity contribution in [3.8, 4) is 11.5 Å². The van der Waals surface area contributed by atoms with E-state index in [9.17, 15) is 5.11 Å². The SMILES string of the molecule is COc1cc(C(O)OC)cc2c1COCO2. The maximum Gasteiger partial charge on any atom is 0.189 e. The van der Waals surface area contributed by atoms with Gasteiger partial charge in [-0.15, -0.1) is 0 Å². The van der Waals surface area contributed by atoms with Gasteiger partial charge in [-0.25, -0.2) is 0 Å². The topological polar surface area (TPSA) is 57.2 Å². The predicted octanol–water partition coefficient (Wildman–Crippen LogP) is 1.20. The number of methoxy groups -OCH3 is 2. The summed E-state index contributed by atoms with van der Waals surface area (Å²) in [4.78, 5) is 0. The van der Waals surface area contributed by atoms with Crippen LogP contribution in [0.15, 0.2) is 12.1 Å². The molecule has 1 heterocycles. The van der Waals surface area contributed by atoms with Gasteiger partial charge in [0.05, 0.1) is 19.3 Å². The lowest BCUT2D eigenvalue weighted by molar-refractivity contribution is -0.0776. The van der Waals surface area contributed by atoms with E-state index in [2.05, 4.69) is 0 Å². The zero-order chi connectivity index (χ0) is 11.5. The highest BCUT2D eigenvalue weighted by Gasteiger charge is 2.19. The second-order valence-corrected chi connectivity index (χ2v) is 3.40. The van der Waals surface area contributed by atoms with Gasteiger partial charge < -0.3 is 24.1 Å². The van der Waals surface area contributed by atoms with E-state index >= 15 is 0 Å². The van der Waals surface area contributed by atoms with Crippen LogP contribution in [0.1, 0.15) is 17.4 Å². The Bertz CT molecular complexity index is 360. The van der Waals surface area contributed by atoms with Crippen LogP contribution in [0.2, 0.25) is 0 Å². The predicted molar refractivity (Wildman–Crippen MR) is 55.2 cm³/mol. The fraction of sp³-hybridized carbons (Fsp3) is 0.455. The van der Waals surface area contributed by atoms with Gasteiger partial charge in [0.15, 0.2) is 13.1 Å². The van der Waals surface area contributed by atoms with E-state index in [-0.39, 0.29) is 6.79 Å². The molecule has 0 aromatic heterocycles. The highest BCUT2D eigenvalue weighted by molar-refractivity contribution is 5.48. The number of fused-ring (bicyclic) bond motifs is 1. The number of aliphatic hydroxyl groups is 1. The number of hydrogen-bond acceptors (Lipinski definition) is 5. The molecule has 1 N–H and O–H groups in total. The third kappa shape index (κ3) is 1.97. The maximum atomic E-state index is 9.59. The van der Waals surface area contributed by atoms with Crippen molar-refractivity contribution in [2.45, 2.75) is 12.9 Å². The number of rotatable bonds is 3. The smallest absolute Gasteiger partial charge is 0.189 e. The zero-order valence-electron chi connectivity index (χ0n) is 9.23. The Labute approximate surface area is 93.5 Å². The quantitative estimate of drug-likeness (QED) is 0.785. The van der Waals surface area contributed by atoms with E-state index in [1.807, 2.05) is 0 Å². The highest BCUT2D eigenvalue weighted by Crippen LogP contribution is 2.35. The standard InChI is InChI=1S/C11H14O5/c1-13-9-3-7(11(12)14-2)4-10-8(9)5-15-6-16-10/h3-4,11-12H,5-6H2,1-2H3.